The number of piperidine rings is 1. The SMILES string of the molecule is CN1CCC(O)(CNc2cc(C3=NCc4ccccc43)ccn2)CC1. The molecule has 1 fully saturated rings. The zero-order valence-corrected chi connectivity index (χ0v) is 14.6. The maximum Gasteiger partial charge on any atom is 0.126 e. The molecule has 0 spiro atoms. The highest BCUT2D eigenvalue weighted by atomic mass is 16.3. The van der Waals surface area contributed by atoms with Gasteiger partial charge in [-0.15, -0.1) is 0 Å². The van der Waals surface area contributed by atoms with Crippen molar-refractivity contribution < 1.29 is 5.11 Å². The minimum absolute atomic E-state index is 0.528. The molecule has 0 unspecified atom stereocenters. The van der Waals surface area contributed by atoms with Crippen molar-refractivity contribution in [2.75, 3.05) is 32.0 Å². The third-order valence-corrected chi connectivity index (χ3v) is 5.23. The van der Waals surface area contributed by atoms with Gasteiger partial charge in [0.1, 0.15) is 5.82 Å². The monoisotopic (exact) mass is 336 g/mol. The number of aliphatic imine (C=N–C) groups is 1. The predicted molar refractivity (Wildman–Crippen MR) is 100 cm³/mol. The Morgan fingerprint density at radius 1 is 1.20 bits per heavy atom. The normalized spacial score (nSPS) is 19.4. The van der Waals surface area contributed by atoms with E-state index < -0.39 is 5.60 Å². The zero-order chi connectivity index (χ0) is 17.3. The maximum absolute atomic E-state index is 10.7. The quantitative estimate of drug-likeness (QED) is 0.899. The molecule has 0 atom stereocenters. The van der Waals surface area contributed by atoms with Crippen LogP contribution in [0.4, 0.5) is 5.82 Å². The van der Waals surface area contributed by atoms with Crippen LogP contribution in [0.15, 0.2) is 47.6 Å². The Kier molecular flexibility index (Phi) is 4.27. The van der Waals surface area contributed by atoms with Crippen LogP contribution in [-0.4, -0.2) is 53.0 Å². The maximum atomic E-state index is 10.7. The predicted octanol–water partition coefficient (Wildman–Crippen LogP) is 2.30. The summed E-state index contributed by atoms with van der Waals surface area (Å²) in [5.74, 6) is 0.789. The first-order valence-electron chi connectivity index (χ1n) is 8.87. The Balaban J connectivity index is 1.48. The molecule has 2 aliphatic rings. The summed E-state index contributed by atoms with van der Waals surface area (Å²) in [5.41, 5.74) is 3.91. The smallest absolute Gasteiger partial charge is 0.126 e. The summed E-state index contributed by atoms with van der Waals surface area (Å²) in [6.07, 6.45) is 3.38. The molecule has 3 heterocycles. The van der Waals surface area contributed by atoms with Crippen molar-refractivity contribution in [3.05, 3.63) is 59.3 Å². The molecule has 1 aromatic carbocycles. The van der Waals surface area contributed by atoms with Crippen LogP contribution >= 0.6 is 0 Å². The molecule has 5 heteroatoms. The number of pyridine rings is 1. The van der Waals surface area contributed by atoms with Gasteiger partial charge in [0.15, 0.2) is 0 Å². The highest BCUT2D eigenvalue weighted by Crippen LogP contribution is 2.25. The van der Waals surface area contributed by atoms with Crippen LogP contribution in [0.5, 0.6) is 0 Å². The number of likely N-dealkylation sites (tertiary alicyclic amines) is 1. The third kappa shape index (κ3) is 3.43. The second-order valence-corrected chi connectivity index (χ2v) is 7.13. The average molecular weight is 336 g/mol. The summed E-state index contributed by atoms with van der Waals surface area (Å²) in [7, 11) is 2.10. The van der Waals surface area contributed by atoms with E-state index in [0.717, 1.165) is 49.6 Å². The summed E-state index contributed by atoms with van der Waals surface area (Å²) < 4.78 is 0. The molecule has 2 aliphatic heterocycles. The number of hydrogen-bond acceptors (Lipinski definition) is 5. The number of aromatic nitrogens is 1. The molecule has 2 aromatic rings. The van der Waals surface area contributed by atoms with Crippen molar-refractivity contribution in [3.63, 3.8) is 0 Å². The van der Waals surface area contributed by atoms with E-state index in [1.807, 2.05) is 12.1 Å². The van der Waals surface area contributed by atoms with Gasteiger partial charge >= 0.3 is 0 Å². The van der Waals surface area contributed by atoms with Crippen LogP contribution in [0, 0.1) is 0 Å². The first kappa shape index (κ1) is 16.2. The van der Waals surface area contributed by atoms with Gasteiger partial charge < -0.3 is 15.3 Å². The first-order chi connectivity index (χ1) is 12.1. The van der Waals surface area contributed by atoms with Gasteiger partial charge in [0.05, 0.1) is 17.9 Å². The second kappa shape index (κ2) is 6.58. The molecule has 25 heavy (non-hydrogen) atoms. The average Bonchev–Trinajstić information content (AvgIpc) is 3.07. The number of fused-ring (bicyclic) bond motifs is 1. The lowest BCUT2D eigenvalue weighted by atomic mass is 9.91. The summed E-state index contributed by atoms with van der Waals surface area (Å²) >= 11 is 0. The summed E-state index contributed by atoms with van der Waals surface area (Å²) in [5, 5.41) is 14.0. The molecule has 0 amide bonds. The van der Waals surface area contributed by atoms with E-state index in [1.165, 1.54) is 11.1 Å². The molecule has 0 bridgehead atoms. The molecule has 0 radical (unpaired) electrons. The van der Waals surface area contributed by atoms with Gasteiger partial charge in [-0.3, -0.25) is 4.99 Å². The van der Waals surface area contributed by atoms with E-state index in [9.17, 15) is 5.11 Å². The minimum Gasteiger partial charge on any atom is -0.388 e. The van der Waals surface area contributed by atoms with Gasteiger partial charge in [0, 0.05) is 37.0 Å². The van der Waals surface area contributed by atoms with Crippen LogP contribution in [0.25, 0.3) is 0 Å². The van der Waals surface area contributed by atoms with Gasteiger partial charge in [-0.25, -0.2) is 4.98 Å². The molecule has 0 saturated carbocycles. The standard InChI is InChI=1S/C20H24N4O/c1-24-10-7-20(25,8-11-24)14-23-18-12-15(6-9-21-18)19-17-5-3-2-4-16(17)13-22-19/h2-6,9,12,25H,7-8,10-11,13-14H2,1H3,(H,21,23). The van der Waals surface area contributed by atoms with Crippen molar-refractivity contribution in [2.24, 2.45) is 4.99 Å². The van der Waals surface area contributed by atoms with Gasteiger partial charge in [-0.1, -0.05) is 24.3 Å². The third-order valence-electron chi connectivity index (χ3n) is 5.23. The van der Waals surface area contributed by atoms with E-state index in [-0.39, 0.29) is 0 Å². The number of benzene rings is 1. The van der Waals surface area contributed by atoms with Crippen LogP contribution in [0.2, 0.25) is 0 Å². The molecular formula is C20H24N4O. The molecule has 1 aromatic heterocycles. The van der Waals surface area contributed by atoms with Crippen molar-refractivity contribution in [3.8, 4) is 0 Å². The van der Waals surface area contributed by atoms with Crippen LogP contribution in [-0.2, 0) is 6.54 Å². The number of hydrogen-bond donors (Lipinski definition) is 2. The molecule has 0 aliphatic carbocycles. The van der Waals surface area contributed by atoms with Crippen LogP contribution in [0.1, 0.15) is 29.5 Å². The number of aliphatic hydroxyl groups is 1. The fourth-order valence-electron chi connectivity index (χ4n) is 3.53. The first-order valence-corrected chi connectivity index (χ1v) is 8.87. The van der Waals surface area contributed by atoms with E-state index in [0.29, 0.717) is 6.54 Å². The lowest BCUT2D eigenvalue weighted by molar-refractivity contribution is -0.00409. The van der Waals surface area contributed by atoms with Crippen molar-refractivity contribution in [1.82, 2.24) is 9.88 Å². The van der Waals surface area contributed by atoms with Crippen molar-refractivity contribution in [2.45, 2.75) is 25.0 Å². The fourth-order valence-corrected chi connectivity index (χ4v) is 3.53. The summed E-state index contributed by atoms with van der Waals surface area (Å²) in [6, 6.07) is 12.4. The van der Waals surface area contributed by atoms with Crippen molar-refractivity contribution >= 4 is 11.5 Å². The number of nitrogens with zero attached hydrogens (tertiary/aromatic N) is 3. The molecule has 4 rings (SSSR count). The Labute approximate surface area is 148 Å². The number of nitrogens with one attached hydrogen (secondary N) is 1. The van der Waals surface area contributed by atoms with E-state index in [4.69, 9.17) is 4.99 Å². The van der Waals surface area contributed by atoms with E-state index in [2.05, 4.69) is 46.5 Å². The molecule has 2 N–H and O–H groups in total. The molecular weight excluding hydrogens is 312 g/mol. The van der Waals surface area contributed by atoms with E-state index >= 15 is 0 Å². The van der Waals surface area contributed by atoms with Gasteiger partial charge in [0.2, 0.25) is 0 Å². The van der Waals surface area contributed by atoms with Gasteiger partial charge in [0.25, 0.3) is 0 Å². The number of rotatable bonds is 4. The highest BCUT2D eigenvalue weighted by molar-refractivity contribution is 6.15. The van der Waals surface area contributed by atoms with Gasteiger partial charge in [-0.2, -0.15) is 0 Å². The lowest BCUT2D eigenvalue weighted by Crippen LogP contribution is -2.47. The minimum atomic E-state index is -0.651. The Morgan fingerprint density at radius 2 is 2.00 bits per heavy atom. The second-order valence-electron chi connectivity index (χ2n) is 7.13. The fraction of sp³-hybridized carbons (Fsp3) is 0.400. The van der Waals surface area contributed by atoms with E-state index in [1.54, 1.807) is 6.20 Å². The molecule has 130 valence electrons. The molecule has 5 nitrogen and oxygen atoms in total. The zero-order valence-electron chi connectivity index (χ0n) is 14.6. The van der Waals surface area contributed by atoms with Gasteiger partial charge in [-0.05, 0) is 37.6 Å². The summed E-state index contributed by atoms with van der Waals surface area (Å²) in [6.45, 7) is 3.13. The largest absolute Gasteiger partial charge is 0.388 e. The topological polar surface area (TPSA) is 60.8 Å². The molecule has 1 saturated heterocycles. The van der Waals surface area contributed by atoms with Crippen LogP contribution < -0.4 is 5.32 Å². The highest BCUT2D eigenvalue weighted by Gasteiger charge is 2.31. The number of anilines is 1. The Morgan fingerprint density at radius 3 is 2.84 bits per heavy atom. The Hall–Kier alpha value is -2.24. The Bertz CT molecular complexity index is 794. The summed E-state index contributed by atoms with van der Waals surface area (Å²) in [4.78, 5) is 11.4. The van der Waals surface area contributed by atoms with Crippen molar-refractivity contribution in [1.29, 1.82) is 0 Å². The lowest BCUT2D eigenvalue weighted by Gasteiger charge is -2.36. The van der Waals surface area contributed by atoms with Crippen LogP contribution in [0.3, 0.4) is 0 Å².